The third-order valence-corrected chi connectivity index (χ3v) is 4.32. The van der Waals surface area contributed by atoms with Crippen molar-refractivity contribution in [2.24, 2.45) is 5.92 Å². The minimum atomic E-state index is -4.30. The van der Waals surface area contributed by atoms with E-state index in [2.05, 4.69) is 5.32 Å². The molecular weight excluding hydrogens is 267 g/mol. The first-order valence-electron chi connectivity index (χ1n) is 7.06. The summed E-state index contributed by atoms with van der Waals surface area (Å²) in [6.45, 7) is 1.22. The molecule has 1 aliphatic carbocycles. The van der Waals surface area contributed by atoms with Gasteiger partial charge in [-0.1, -0.05) is 18.6 Å². The fourth-order valence-electron chi connectivity index (χ4n) is 3.19. The van der Waals surface area contributed by atoms with Gasteiger partial charge in [-0.2, -0.15) is 13.2 Å². The average Bonchev–Trinajstić information content (AvgIpc) is 2.77. The predicted octanol–water partition coefficient (Wildman–Crippen LogP) is 3.54. The Hall–Kier alpha value is -1.07. The van der Waals surface area contributed by atoms with Gasteiger partial charge in [-0.25, -0.2) is 0 Å². The molecular formula is C15H18F3NO. The minimum Gasteiger partial charge on any atom is -0.372 e. The maximum atomic E-state index is 12.7. The van der Waals surface area contributed by atoms with E-state index in [1.807, 2.05) is 0 Å². The zero-order valence-corrected chi connectivity index (χ0v) is 11.1. The van der Waals surface area contributed by atoms with Crippen molar-refractivity contribution in [3.63, 3.8) is 0 Å². The summed E-state index contributed by atoms with van der Waals surface area (Å²) in [5.74, 6) is 0.505. The number of halogens is 3. The molecule has 3 unspecified atom stereocenters. The van der Waals surface area contributed by atoms with E-state index < -0.39 is 11.7 Å². The van der Waals surface area contributed by atoms with E-state index in [0.717, 1.165) is 18.9 Å². The Kier molecular flexibility index (Phi) is 3.73. The Bertz CT molecular complexity index is 460. The molecule has 1 saturated carbocycles. The van der Waals surface area contributed by atoms with Crippen LogP contribution in [0.15, 0.2) is 24.3 Å². The summed E-state index contributed by atoms with van der Waals surface area (Å²) < 4.78 is 44.1. The zero-order valence-electron chi connectivity index (χ0n) is 11.1. The van der Waals surface area contributed by atoms with E-state index in [9.17, 15) is 13.2 Å². The van der Waals surface area contributed by atoms with Crippen LogP contribution in [0.5, 0.6) is 0 Å². The molecule has 1 aliphatic heterocycles. The second-order valence-electron chi connectivity index (χ2n) is 5.65. The second-order valence-corrected chi connectivity index (χ2v) is 5.65. The number of alkyl halides is 3. The van der Waals surface area contributed by atoms with Crippen LogP contribution in [0, 0.1) is 5.92 Å². The molecule has 3 atom stereocenters. The van der Waals surface area contributed by atoms with Crippen molar-refractivity contribution in [2.75, 3.05) is 13.2 Å². The highest BCUT2D eigenvalue weighted by Crippen LogP contribution is 2.34. The third kappa shape index (κ3) is 2.83. The molecule has 2 nitrogen and oxygen atoms in total. The van der Waals surface area contributed by atoms with Crippen LogP contribution >= 0.6 is 0 Å². The van der Waals surface area contributed by atoms with Crippen molar-refractivity contribution < 1.29 is 17.9 Å². The van der Waals surface area contributed by atoms with Gasteiger partial charge in [-0.05, 0) is 36.5 Å². The van der Waals surface area contributed by atoms with Crippen LogP contribution in [0.1, 0.15) is 36.5 Å². The number of hydrogen-bond donors (Lipinski definition) is 1. The van der Waals surface area contributed by atoms with Crippen LogP contribution in [0.25, 0.3) is 0 Å². The fourth-order valence-corrected chi connectivity index (χ4v) is 3.19. The van der Waals surface area contributed by atoms with Crippen LogP contribution in [0.3, 0.4) is 0 Å². The van der Waals surface area contributed by atoms with Crippen molar-refractivity contribution in [1.29, 1.82) is 0 Å². The lowest BCUT2D eigenvalue weighted by Crippen LogP contribution is -2.32. The number of hydrogen-bond acceptors (Lipinski definition) is 2. The number of rotatable bonds is 1. The van der Waals surface area contributed by atoms with Gasteiger partial charge < -0.3 is 10.1 Å². The first-order chi connectivity index (χ1) is 9.54. The average molecular weight is 285 g/mol. The highest BCUT2D eigenvalue weighted by molar-refractivity contribution is 5.27. The van der Waals surface area contributed by atoms with E-state index in [-0.39, 0.29) is 6.10 Å². The fraction of sp³-hybridized carbons (Fsp3) is 0.600. The Morgan fingerprint density at radius 2 is 2.05 bits per heavy atom. The van der Waals surface area contributed by atoms with Crippen molar-refractivity contribution in [3.8, 4) is 0 Å². The number of ether oxygens (including phenoxy) is 1. The minimum absolute atomic E-state index is 0.289. The monoisotopic (exact) mass is 285 g/mol. The molecule has 5 heteroatoms. The summed E-state index contributed by atoms with van der Waals surface area (Å²) in [4.78, 5) is 0. The normalized spacial score (nSPS) is 30.9. The Morgan fingerprint density at radius 3 is 2.85 bits per heavy atom. The Labute approximate surface area is 116 Å². The SMILES string of the molecule is FC(F)(F)c1cccc(C2CNC3CCCC3CO2)c1. The maximum Gasteiger partial charge on any atom is 0.416 e. The summed E-state index contributed by atoms with van der Waals surface area (Å²) in [7, 11) is 0. The summed E-state index contributed by atoms with van der Waals surface area (Å²) >= 11 is 0. The number of benzene rings is 1. The van der Waals surface area contributed by atoms with Gasteiger partial charge in [0, 0.05) is 12.6 Å². The zero-order chi connectivity index (χ0) is 14.2. The van der Waals surface area contributed by atoms with E-state index in [0.29, 0.717) is 30.7 Å². The smallest absolute Gasteiger partial charge is 0.372 e. The van der Waals surface area contributed by atoms with Gasteiger partial charge in [0.05, 0.1) is 18.3 Å². The molecule has 0 radical (unpaired) electrons. The van der Waals surface area contributed by atoms with Gasteiger partial charge in [-0.3, -0.25) is 0 Å². The van der Waals surface area contributed by atoms with Crippen LogP contribution in [-0.4, -0.2) is 19.2 Å². The topological polar surface area (TPSA) is 21.3 Å². The van der Waals surface area contributed by atoms with Crippen LogP contribution in [-0.2, 0) is 10.9 Å². The van der Waals surface area contributed by atoms with E-state index in [1.165, 1.54) is 18.6 Å². The Balaban J connectivity index is 1.76. The molecule has 3 rings (SSSR count). The summed E-state index contributed by atoms with van der Waals surface area (Å²) in [6, 6.07) is 5.93. The highest BCUT2D eigenvalue weighted by Gasteiger charge is 2.33. The van der Waals surface area contributed by atoms with Gasteiger partial charge in [0.1, 0.15) is 0 Å². The van der Waals surface area contributed by atoms with Crippen molar-refractivity contribution >= 4 is 0 Å². The molecule has 2 fully saturated rings. The molecule has 1 aromatic carbocycles. The molecule has 1 saturated heterocycles. The van der Waals surface area contributed by atoms with E-state index in [1.54, 1.807) is 6.07 Å². The van der Waals surface area contributed by atoms with Gasteiger partial charge >= 0.3 is 6.18 Å². The Morgan fingerprint density at radius 1 is 1.20 bits per heavy atom. The molecule has 1 N–H and O–H groups in total. The van der Waals surface area contributed by atoms with Gasteiger partial charge in [0.25, 0.3) is 0 Å². The summed E-state index contributed by atoms with van der Waals surface area (Å²) in [6.07, 6.45) is -1.09. The predicted molar refractivity (Wildman–Crippen MR) is 69.3 cm³/mol. The second kappa shape index (κ2) is 5.37. The highest BCUT2D eigenvalue weighted by atomic mass is 19.4. The molecule has 2 aliphatic rings. The molecule has 0 spiro atoms. The number of nitrogens with one attached hydrogen (secondary N) is 1. The van der Waals surface area contributed by atoms with Crippen LogP contribution in [0.2, 0.25) is 0 Å². The van der Waals surface area contributed by atoms with Crippen molar-refractivity contribution in [1.82, 2.24) is 5.32 Å². The molecule has 20 heavy (non-hydrogen) atoms. The molecule has 1 aromatic rings. The molecule has 1 heterocycles. The quantitative estimate of drug-likeness (QED) is 0.852. The summed E-state index contributed by atoms with van der Waals surface area (Å²) in [5.41, 5.74) is -0.00432. The summed E-state index contributed by atoms with van der Waals surface area (Å²) in [5, 5.41) is 3.44. The van der Waals surface area contributed by atoms with Crippen LogP contribution in [0.4, 0.5) is 13.2 Å². The third-order valence-electron chi connectivity index (χ3n) is 4.32. The standard InChI is InChI=1S/C15H18F3NO/c16-15(17,18)12-5-1-3-10(7-12)14-8-19-13-6-2-4-11(13)9-20-14/h1,3,5,7,11,13-14,19H,2,4,6,8-9H2. The lowest BCUT2D eigenvalue weighted by Gasteiger charge is -2.18. The molecule has 0 aromatic heterocycles. The van der Waals surface area contributed by atoms with E-state index >= 15 is 0 Å². The van der Waals surface area contributed by atoms with Crippen molar-refractivity contribution in [3.05, 3.63) is 35.4 Å². The largest absolute Gasteiger partial charge is 0.416 e. The first kappa shape index (κ1) is 13.9. The molecule has 110 valence electrons. The lowest BCUT2D eigenvalue weighted by molar-refractivity contribution is -0.137. The first-order valence-corrected chi connectivity index (χ1v) is 7.06. The van der Waals surface area contributed by atoms with Gasteiger partial charge in [0.2, 0.25) is 0 Å². The van der Waals surface area contributed by atoms with Crippen molar-refractivity contribution in [2.45, 2.75) is 37.6 Å². The van der Waals surface area contributed by atoms with E-state index in [4.69, 9.17) is 4.74 Å². The maximum absolute atomic E-state index is 12.7. The molecule has 0 bridgehead atoms. The molecule has 0 amide bonds. The van der Waals surface area contributed by atoms with Gasteiger partial charge in [-0.15, -0.1) is 0 Å². The van der Waals surface area contributed by atoms with Gasteiger partial charge in [0.15, 0.2) is 0 Å². The number of fused-ring (bicyclic) bond motifs is 1. The van der Waals surface area contributed by atoms with Crippen LogP contribution < -0.4 is 5.32 Å². The lowest BCUT2D eigenvalue weighted by atomic mass is 10.0.